The van der Waals surface area contributed by atoms with Crippen molar-refractivity contribution in [3.63, 3.8) is 0 Å². The van der Waals surface area contributed by atoms with Crippen LogP contribution in [0.2, 0.25) is 0 Å². The number of sulfonamides is 1. The van der Waals surface area contributed by atoms with E-state index in [1.807, 2.05) is 26.8 Å². The van der Waals surface area contributed by atoms with Crippen molar-refractivity contribution in [2.45, 2.75) is 44.9 Å². The summed E-state index contributed by atoms with van der Waals surface area (Å²) in [6.07, 6.45) is 1.38. The van der Waals surface area contributed by atoms with E-state index in [9.17, 15) is 18.0 Å². The Kier molecular flexibility index (Phi) is 6.64. The second-order valence-corrected chi connectivity index (χ2v) is 10.4. The summed E-state index contributed by atoms with van der Waals surface area (Å²) in [6.45, 7) is 9.39. The number of hydrazine groups is 1. The molecule has 0 bridgehead atoms. The van der Waals surface area contributed by atoms with Gasteiger partial charge in [-0.3, -0.25) is 25.2 Å². The molecular weight excluding hydrogens is 442 g/mol. The van der Waals surface area contributed by atoms with Crippen LogP contribution in [-0.4, -0.2) is 20.2 Å². The number of rotatable bonds is 5. The third-order valence-corrected chi connectivity index (χ3v) is 6.64. The average Bonchev–Trinajstić information content (AvgIpc) is 3.17. The minimum absolute atomic E-state index is 0.166. The predicted molar refractivity (Wildman–Crippen MR) is 126 cm³/mol. The summed E-state index contributed by atoms with van der Waals surface area (Å²) in [6, 6.07) is 12.9. The molecular formula is C24H27N3O5S. The standard InChI is InChI=1S/C24H27N3O5S/c1-15-9-10-18(24(3,4)5)14-21(15)33(30,31)27-19-8-6-7-17(13-19)22(28)25-26-23(29)20-11-12-32-16(20)2/h6-14,27H,1-5H3,(H,25,28)(H,26,29). The van der Waals surface area contributed by atoms with E-state index in [1.165, 1.54) is 24.5 Å². The summed E-state index contributed by atoms with van der Waals surface area (Å²) in [5, 5.41) is 0. The first-order chi connectivity index (χ1) is 15.4. The molecule has 0 radical (unpaired) electrons. The van der Waals surface area contributed by atoms with Crippen molar-refractivity contribution in [1.29, 1.82) is 0 Å². The largest absolute Gasteiger partial charge is 0.469 e. The topological polar surface area (TPSA) is 118 Å². The maximum absolute atomic E-state index is 13.1. The molecule has 0 spiro atoms. The molecule has 33 heavy (non-hydrogen) atoms. The van der Waals surface area contributed by atoms with Crippen molar-refractivity contribution in [3.05, 3.63) is 82.8 Å². The molecule has 2 amide bonds. The van der Waals surface area contributed by atoms with E-state index in [1.54, 1.807) is 38.1 Å². The van der Waals surface area contributed by atoms with Crippen molar-refractivity contribution in [2.24, 2.45) is 0 Å². The molecule has 0 aliphatic rings. The second-order valence-electron chi connectivity index (χ2n) is 8.72. The molecule has 174 valence electrons. The van der Waals surface area contributed by atoms with Crippen molar-refractivity contribution >= 4 is 27.5 Å². The molecule has 3 N–H and O–H groups in total. The Hall–Kier alpha value is -3.59. The fourth-order valence-electron chi connectivity index (χ4n) is 3.16. The van der Waals surface area contributed by atoms with Crippen LogP contribution in [0.4, 0.5) is 5.69 Å². The zero-order chi connectivity index (χ0) is 24.4. The van der Waals surface area contributed by atoms with Crippen LogP contribution in [-0.2, 0) is 15.4 Å². The van der Waals surface area contributed by atoms with Crippen molar-refractivity contribution in [3.8, 4) is 0 Å². The highest BCUT2D eigenvalue weighted by Crippen LogP contribution is 2.28. The minimum Gasteiger partial charge on any atom is -0.469 e. The molecule has 8 nitrogen and oxygen atoms in total. The van der Waals surface area contributed by atoms with Gasteiger partial charge in [0.1, 0.15) is 5.76 Å². The normalized spacial score (nSPS) is 11.7. The lowest BCUT2D eigenvalue weighted by molar-refractivity contribution is 0.0845. The predicted octanol–water partition coefficient (Wildman–Crippen LogP) is 4.07. The smallest absolute Gasteiger partial charge is 0.273 e. The zero-order valence-corrected chi connectivity index (χ0v) is 20.0. The first-order valence-electron chi connectivity index (χ1n) is 10.3. The van der Waals surface area contributed by atoms with Crippen molar-refractivity contribution in [2.75, 3.05) is 4.72 Å². The first kappa shape index (κ1) is 24.1. The monoisotopic (exact) mass is 469 g/mol. The van der Waals surface area contributed by atoms with Crippen LogP contribution >= 0.6 is 0 Å². The highest BCUT2D eigenvalue weighted by atomic mass is 32.2. The Labute approximate surface area is 193 Å². The van der Waals surface area contributed by atoms with E-state index in [0.29, 0.717) is 16.9 Å². The molecule has 0 fully saturated rings. The quantitative estimate of drug-likeness (QED) is 0.487. The highest BCUT2D eigenvalue weighted by Gasteiger charge is 2.22. The van der Waals surface area contributed by atoms with Gasteiger partial charge in [-0.2, -0.15) is 0 Å². The maximum Gasteiger partial charge on any atom is 0.273 e. The molecule has 3 rings (SSSR count). The number of carbonyl (C=O) groups excluding carboxylic acids is 2. The van der Waals surface area contributed by atoms with Gasteiger partial charge in [-0.1, -0.05) is 39.0 Å². The van der Waals surface area contributed by atoms with Gasteiger partial charge in [-0.15, -0.1) is 0 Å². The van der Waals surface area contributed by atoms with Crippen LogP contribution in [0.15, 0.2) is 64.1 Å². The molecule has 3 aromatic rings. The number of hydrogen-bond acceptors (Lipinski definition) is 5. The van der Waals surface area contributed by atoms with E-state index in [0.717, 1.165) is 5.56 Å². The van der Waals surface area contributed by atoms with Gasteiger partial charge >= 0.3 is 0 Å². The molecule has 2 aromatic carbocycles. The van der Waals surface area contributed by atoms with E-state index < -0.39 is 21.8 Å². The summed E-state index contributed by atoms with van der Waals surface area (Å²) >= 11 is 0. The van der Waals surface area contributed by atoms with Gasteiger partial charge < -0.3 is 4.42 Å². The lowest BCUT2D eigenvalue weighted by atomic mass is 9.87. The van der Waals surface area contributed by atoms with E-state index in [2.05, 4.69) is 15.6 Å². The Morgan fingerprint density at radius 1 is 0.909 bits per heavy atom. The molecule has 0 aliphatic heterocycles. The number of carbonyl (C=O) groups is 2. The number of furan rings is 1. The summed E-state index contributed by atoms with van der Waals surface area (Å²) < 4.78 is 33.8. The number of hydrogen-bond donors (Lipinski definition) is 3. The molecule has 1 aromatic heterocycles. The van der Waals surface area contributed by atoms with Crippen LogP contribution in [0.5, 0.6) is 0 Å². The van der Waals surface area contributed by atoms with Gasteiger partial charge in [0.2, 0.25) is 0 Å². The van der Waals surface area contributed by atoms with Crippen LogP contribution in [0.1, 0.15) is 58.4 Å². The molecule has 1 heterocycles. The Morgan fingerprint density at radius 2 is 1.61 bits per heavy atom. The van der Waals surface area contributed by atoms with Crippen LogP contribution in [0, 0.1) is 13.8 Å². The van der Waals surface area contributed by atoms with Gasteiger partial charge in [0.25, 0.3) is 21.8 Å². The summed E-state index contributed by atoms with van der Waals surface area (Å²) in [4.78, 5) is 24.8. The Morgan fingerprint density at radius 3 is 2.24 bits per heavy atom. The number of benzene rings is 2. The number of nitrogens with one attached hydrogen (secondary N) is 3. The van der Waals surface area contributed by atoms with Gasteiger partial charge in [-0.25, -0.2) is 8.42 Å². The van der Waals surface area contributed by atoms with Gasteiger partial charge in [0, 0.05) is 11.3 Å². The van der Waals surface area contributed by atoms with Crippen molar-refractivity contribution < 1.29 is 22.4 Å². The molecule has 9 heteroatoms. The van der Waals surface area contributed by atoms with E-state index in [4.69, 9.17) is 4.42 Å². The van der Waals surface area contributed by atoms with E-state index in [-0.39, 0.29) is 21.6 Å². The summed E-state index contributed by atoms with van der Waals surface area (Å²) in [5.74, 6) is -0.707. The highest BCUT2D eigenvalue weighted by molar-refractivity contribution is 7.92. The van der Waals surface area contributed by atoms with Crippen LogP contribution < -0.4 is 15.6 Å². The average molecular weight is 470 g/mol. The molecule has 0 saturated carbocycles. The second kappa shape index (κ2) is 9.11. The fourth-order valence-corrected chi connectivity index (χ4v) is 4.48. The van der Waals surface area contributed by atoms with Gasteiger partial charge in [-0.05, 0) is 60.7 Å². The molecule has 0 unspecified atom stereocenters. The zero-order valence-electron chi connectivity index (χ0n) is 19.1. The lowest BCUT2D eigenvalue weighted by Crippen LogP contribution is -2.41. The summed E-state index contributed by atoms with van der Waals surface area (Å²) in [5.41, 5.74) is 6.60. The third-order valence-electron chi connectivity index (χ3n) is 5.11. The first-order valence-corrected chi connectivity index (χ1v) is 11.8. The van der Waals surface area contributed by atoms with Crippen molar-refractivity contribution in [1.82, 2.24) is 10.9 Å². The lowest BCUT2D eigenvalue weighted by Gasteiger charge is -2.21. The van der Waals surface area contributed by atoms with Crippen LogP contribution in [0.3, 0.4) is 0 Å². The number of aryl methyl sites for hydroxylation is 2. The number of anilines is 1. The molecule has 0 aliphatic carbocycles. The maximum atomic E-state index is 13.1. The Bertz CT molecular complexity index is 1300. The van der Waals surface area contributed by atoms with Gasteiger partial charge in [0.15, 0.2) is 0 Å². The fraction of sp³-hybridized carbons (Fsp3) is 0.250. The Balaban J connectivity index is 1.76. The van der Waals surface area contributed by atoms with Crippen LogP contribution in [0.25, 0.3) is 0 Å². The minimum atomic E-state index is -3.89. The molecule has 0 saturated heterocycles. The summed E-state index contributed by atoms with van der Waals surface area (Å²) in [7, 11) is -3.89. The van der Waals surface area contributed by atoms with E-state index >= 15 is 0 Å². The number of amides is 2. The van der Waals surface area contributed by atoms with Gasteiger partial charge in [0.05, 0.1) is 16.7 Å². The SMILES string of the molecule is Cc1ccc(C(C)(C)C)cc1S(=O)(=O)Nc1cccc(C(=O)NNC(=O)c2ccoc2C)c1. The third kappa shape index (κ3) is 5.61. The molecule has 0 atom stereocenters.